The molecule has 0 heterocycles. The first kappa shape index (κ1) is 9.13. The molecule has 0 aromatic heterocycles. The third-order valence-corrected chi connectivity index (χ3v) is 2.79. The molecular weight excluding hydrogens is 238 g/mol. The SMILES string of the molecule is CC(CF)(CI)C(=O)O. The molecule has 4 heteroatoms. The summed E-state index contributed by atoms with van der Waals surface area (Å²) in [7, 11) is 0. The molecule has 0 amide bonds. The van der Waals surface area contributed by atoms with Gasteiger partial charge in [-0.25, -0.2) is 4.39 Å². The molecule has 0 rings (SSSR count). The molecule has 0 radical (unpaired) electrons. The predicted molar refractivity (Wildman–Crippen MR) is 40.6 cm³/mol. The maximum absolute atomic E-state index is 11.9. The maximum atomic E-state index is 11.9. The van der Waals surface area contributed by atoms with Gasteiger partial charge in [-0.1, -0.05) is 22.6 Å². The molecule has 0 spiro atoms. The van der Waals surface area contributed by atoms with Crippen LogP contribution in [0.1, 0.15) is 6.92 Å². The molecule has 1 unspecified atom stereocenters. The summed E-state index contributed by atoms with van der Waals surface area (Å²) in [5, 5.41) is 8.39. The predicted octanol–water partition coefficient (Wildman–Crippen LogP) is 1.48. The van der Waals surface area contributed by atoms with Crippen LogP contribution >= 0.6 is 22.6 Å². The van der Waals surface area contributed by atoms with Crippen molar-refractivity contribution in [3.63, 3.8) is 0 Å². The van der Waals surface area contributed by atoms with E-state index < -0.39 is 18.1 Å². The van der Waals surface area contributed by atoms with Crippen LogP contribution in [0.15, 0.2) is 0 Å². The quantitative estimate of drug-likeness (QED) is 0.605. The molecule has 0 aromatic carbocycles. The lowest BCUT2D eigenvalue weighted by atomic mass is 9.96. The Kier molecular flexibility index (Phi) is 3.38. The van der Waals surface area contributed by atoms with Crippen LogP contribution < -0.4 is 0 Å². The lowest BCUT2D eigenvalue weighted by Crippen LogP contribution is -2.31. The highest BCUT2D eigenvalue weighted by molar-refractivity contribution is 14.1. The van der Waals surface area contributed by atoms with Crippen molar-refractivity contribution in [3.05, 3.63) is 0 Å². The smallest absolute Gasteiger partial charge is 0.312 e. The molecule has 0 bridgehead atoms. The Morgan fingerprint density at radius 1 is 1.89 bits per heavy atom. The van der Waals surface area contributed by atoms with E-state index >= 15 is 0 Å². The summed E-state index contributed by atoms with van der Waals surface area (Å²) in [5.41, 5.74) is -1.18. The van der Waals surface area contributed by atoms with Gasteiger partial charge in [0.05, 0.1) is 0 Å². The van der Waals surface area contributed by atoms with E-state index in [4.69, 9.17) is 5.11 Å². The normalized spacial score (nSPS) is 16.8. The Morgan fingerprint density at radius 2 is 2.33 bits per heavy atom. The summed E-state index contributed by atoms with van der Waals surface area (Å²) >= 11 is 1.86. The fourth-order valence-corrected chi connectivity index (χ4v) is 0.680. The molecule has 0 aromatic rings. The monoisotopic (exact) mass is 246 g/mol. The first-order valence-electron chi connectivity index (χ1n) is 2.42. The van der Waals surface area contributed by atoms with Gasteiger partial charge in [0, 0.05) is 4.43 Å². The second-order valence-electron chi connectivity index (χ2n) is 2.13. The minimum Gasteiger partial charge on any atom is -0.481 e. The first-order chi connectivity index (χ1) is 4.06. The second kappa shape index (κ2) is 3.34. The molecule has 1 N–H and O–H groups in total. The maximum Gasteiger partial charge on any atom is 0.312 e. The van der Waals surface area contributed by atoms with Crippen molar-refractivity contribution in [2.24, 2.45) is 5.41 Å². The van der Waals surface area contributed by atoms with Crippen molar-refractivity contribution in [1.82, 2.24) is 0 Å². The van der Waals surface area contributed by atoms with Crippen LogP contribution in [0.5, 0.6) is 0 Å². The van der Waals surface area contributed by atoms with Crippen molar-refractivity contribution >= 4 is 28.6 Å². The number of hydrogen-bond donors (Lipinski definition) is 1. The lowest BCUT2D eigenvalue weighted by Gasteiger charge is -2.16. The van der Waals surface area contributed by atoms with E-state index in [0.717, 1.165) is 0 Å². The Balaban J connectivity index is 4.09. The fourth-order valence-electron chi connectivity index (χ4n) is 0.150. The Bertz CT molecular complexity index is 112. The van der Waals surface area contributed by atoms with Gasteiger partial charge in [-0.3, -0.25) is 4.79 Å². The highest BCUT2D eigenvalue weighted by Gasteiger charge is 2.31. The number of aliphatic carboxylic acids is 1. The van der Waals surface area contributed by atoms with E-state index in [9.17, 15) is 9.18 Å². The van der Waals surface area contributed by atoms with Gasteiger partial charge in [-0.15, -0.1) is 0 Å². The zero-order chi connectivity index (χ0) is 7.49. The molecule has 9 heavy (non-hydrogen) atoms. The van der Waals surface area contributed by atoms with Gasteiger partial charge in [0.25, 0.3) is 0 Å². The molecule has 54 valence electrons. The van der Waals surface area contributed by atoms with E-state index in [1.165, 1.54) is 6.92 Å². The molecule has 2 nitrogen and oxygen atoms in total. The molecule has 0 aliphatic rings. The van der Waals surface area contributed by atoms with Crippen LogP contribution in [0.3, 0.4) is 0 Å². The van der Waals surface area contributed by atoms with Crippen molar-refractivity contribution in [1.29, 1.82) is 0 Å². The van der Waals surface area contributed by atoms with Gasteiger partial charge in [-0.05, 0) is 6.92 Å². The Labute approximate surface area is 66.6 Å². The van der Waals surface area contributed by atoms with Crippen LogP contribution in [0.25, 0.3) is 0 Å². The van der Waals surface area contributed by atoms with Crippen molar-refractivity contribution in [3.8, 4) is 0 Å². The number of carbonyl (C=O) groups is 1. The van der Waals surface area contributed by atoms with Crippen LogP contribution in [-0.4, -0.2) is 22.2 Å². The van der Waals surface area contributed by atoms with E-state index in [-0.39, 0.29) is 0 Å². The number of halogens is 2. The number of carboxylic acid groups (broad SMARTS) is 1. The van der Waals surface area contributed by atoms with E-state index in [1.807, 2.05) is 22.6 Å². The van der Waals surface area contributed by atoms with Crippen molar-refractivity contribution in [2.75, 3.05) is 11.1 Å². The molecule has 0 fully saturated rings. The van der Waals surface area contributed by atoms with Crippen LogP contribution in [0.2, 0.25) is 0 Å². The van der Waals surface area contributed by atoms with E-state index in [2.05, 4.69) is 0 Å². The summed E-state index contributed by atoms with van der Waals surface area (Å²) in [4.78, 5) is 10.2. The summed E-state index contributed by atoms with van der Waals surface area (Å²) < 4.78 is 12.2. The zero-order valence-corrected chi connectivity index (χ0v) is 7.18. The van der Waals surface area contributed by atoms with Gasteiger partial charge in [-0.2, -0.15) is 0 Å². The molecule has 0 aliphatic heterocycles. The van der Waals surface area contributed by atoms with Gasteiger partial charge in [0.1, 0.15) is 12.1 Å². The fraction of sp³-hybridized carbons (Fsp3) is 0.800. The third-order valence-electron chi connectivity index (χ3n) is 1.11. The number of rotatable bonds is 3. The van der Waals surface area contributed by atoms with Crippen molar-refractivity contribution in [2.45, 2.75) is 6.92 Å². The summed E-state index contributed by atoms with van der Waals surface area (Å²) in [6.07, 6.45) is 0. The van der Waals surface area contributed by atoms with Gasteiger partial charge < -0.3 is 5.11 Å². The largest absolute Gasteiger partial charge is 0.481 e. The number of alkyl halides is 2. The van der Waals surface area contributed by atoms with E-state index in [1.54, 1.807) is 0 Å². The van der Waals surface area contributed by atoms with Gasteiger partial charge >= 0.3 is 5.97 Å². The third kappa shape index (κ3) is 2.08. The van der Waals surface area contributed by atoms with E-state index in [0.29, 0.717) is 4.43 Å². The van der Waals surface area contributed by atoms with Gasteiger partial charge in [0.15, 0.2) is 0 Å². The highest BCUT2D eigenvalue weighted by atomic mass is 127. The summed E-state index contributed by atoms with van der Waals surface area (Å²) in [5.74, 6) is -1.07. The van der Waals surface area contributed by atoms with Crippen molar-refractivity contribution < 1.29 is 14.3 Å². The summed E-state index contributed by atoms with van der Waals surface area (Å²) in [6, 6.07) is 0. The topological polar surface area (TPSA) is 37.3 Å². The first-order valence-corrected chi connectivity index (χ1v) is 3.94. The highest BCUT2D eigenvalue weighted by Crippen LogP contribution is 2.19. The summed E-state index contributed by atoms with van der Waals surface area (Å²) in [6.45, 7) is 0.590. The molecule has 1 atom stereocenters. The second-order valence-corrected chi connectivity index (χ2v) is 2.90. The Hall–Kier alpha value is 0.130. The standard InChI is InChI=1S/C5H8FIO2/c1-5(2-6,3-7)4(8)9/h2-3H2,1H3,(H,8,9). The molecular formula is C5H8FIO2. The molecule has 0 aliphatic carbocycles. The number of hydrogen-bond acceptors (Lipinski definition) is 1. The van der Waals surface area contributed by atoms with Gasteiger partial charge in [0.2, 0.25) is 0 Å². The van der Waals surface area contributed by atoms with Crippen LogP contribution in [0.4, 0.5) is 4.39 Å². The minimum absolute atomic E-state index is 0.302. The Morgan fingerprint density at radius 3 is 2.33 bits per heavy atom. The van der Waals surface area contributed by atoms with Crippen LogP contribution in [0, 0.1) is 5.41 Å². The lowest BCUT2D eigenvalue weighted by molar-refractivity contribution is -0.147. The average Bonchev–Trinajstić information content (AvgIpc) is 1.86. The molecule has 0 saturated heterocycles. The number of carboxylic acids is 1. The average molecular weight is 246 g/mol. The molecule has 0 saturated carbocycles. The minimum atomic E-state index is -1.18. The van der Waals surface area contributed by atoms with Crippen LogP contribution in [-0.2, 0) is 4.79 Å². The zero-order valence-electron chi connectivity index (χ0n) is 5.03.